The summed E-state index contributed by atoms with van der Waals surface area (Å²) in [4.78, 5) is 15.3. The van der Waals surface area contributed by atoms with Crippen molar-refractivity contribution in [2.45, 2.75) is 37.0 Å². The highest BCUT2D eigenvalue weighted by atomic mass is 32.2. The van der Waals surface area contributed by atoms with Crippen LogP contribution in [0.25, 0.3) is 0 Å². The molecule has 1 aliphatic heterocycles. The number of amides is 1. The zero-order valence-electron chi connectivity index (χ0n) is 15.2. The minimum absolute atomic E-state index is 0.0741. The van der Waals surface area contributed by atoms with Gasteiger partial charge in [-0.2, -0.15) is 8.42 Å². The van der Waals surface area contributed by atoms with E-state index in [-0.39, 0.29) is 10.8 Å². The van der Waals surface area contributed by atoms with Gasteiger partial charge < -0.3 is 10.2 Å². The van der Waals surface area contributed by atoms with E-state index in [2.05, 4.69) is 15.8 Å². The summed E-state index contributed by atoms with van der Waals surface area (Å²) in [6.45, 7) is 0.825. The maximum atomic E-state index is 12.4. The van der Waals surface area contributed by atoms with E-state index in [1.165, 1.54) is 17.0 Å². The number of anilines is 1. The molecule has 1 aromatic carbocycles. The van der Waals surface area contributed by atoms with Crippen LogP contribution in [0.5, 0.6) is 0 Å². The summed E-state index contributed by atoms with van der Waals surface area (Å²) < 4.78 is 28.8. The summed E-state index contributed by atoms with van der Waals surface area (Å²) in [5.74, 6) is 0.521. The SMILES string of the molecule is CN1CCC/C1=N/S(=O)(=O)c1ccc(NC(=O)CCCc2cccs2)cc1. The molecule has 27 heavy (non-hydrogen) atoms. The molecule has 1 aromatic heterocycles. The minimum atomic E-state index is -3.73. The number of thiophene rings is 1. The van der Waals surface area contributed by atoms with Gasteiger partial charge in [-0.1, -0.05) is 6.07 Å². The van der Waals surface area contributed by atoms with Gasteiger partial charge in [-0.15, -0.1) is 15.7 Å². The van der Waals surface area contributed by atoms with Crippen molar-refractivity contribution in [3.8, 4) is 0 Å². The first kappa shape index (κ1) is 19.6. The van der Waals surface area contributed by atoms with Crippen molar-refractivity contribution in [1.82, 2.24) is 4.90 Å². The normalized spacial score (nSPS) is 16.0. The van der Waals surface area contributed by atoms with Crippen LogP contribution in [0.4, 0.5) is 5.69 Å². The number of amidine groups is 1. The highest BCUT2D eigenvalue weighted by molar-refractivity contribution is 7.90. The molecule has 0 atom stereocenters. The highest BCUT2D eigenvalue weighted by Gasteiger charge is 2.20. The number of rotatable bonds is 7. The predicted octanol–water partition coefficient (Wildman–Crippen LogP) is 3.52. The molecule has 0 bridgehead atoms. The van der Waals surface area contributed by atoms with Crippen molar-refractivity contribution < 1.29 is 13.2 Å². The van der Waals surface area contributed by atoms with Crippen molar-refractivity contribution in [2.24, 2.45) is 4.40 Å². The Morgan fingerprint density at radius 1 is 1.26 bits per heavy atom. The third-order valence-corrected chi connectivity index (χ3v) is 6.66. The highest BCUT2D eigenvalue weighted by Crippen LogP contribution is 2.19. The van der Waals surface area contributed by atoms with Gasteiger partial charge in [-0.05, 0) is 55.0 Å². The molecule has 8 heteroatoms. The van der Waals surface area contributed by atoms with E-state index in [1.54, 1.807) is 23.5 Å². The molecular weight excluding hydrogens is 382 g/mol. The number of nitrogens with zero attached hydrogens (tertiary/aromatic N) is 2. The fraction of sp³-hybridized carbons (Fsp3) is 0.368. The predicted molar refractivity (Wildman–Crippen MR) is 109 cm³/mol. The molecule has 0 spiro atoms. The van der Waals surface area contributed by atoms with E-state index in [9.17, 15) is 13.2 Å². The van der Waals surface area contributed by atoms with Crippen molar-refractivity contribution >= 4 is 38.8 Å². The van der Waals surface area contributed by atoms with Gasteiger partial charge >= 0.3 is 0 Å². The Morgan fingerprint density at radius 2 is 2.04 bits per heavy atom. The number of nitrogens with one attached hydrogen (secondary N) is 1. The molecule has 1 aliphatic rings. The van der Waals surface area contributed by atoms with E-state index in [1.807, 2.05) is 23.4 Å². The molecule has 2 aromatic rings. The van der Waals surface area contributed by atoms with Crippen LogP contribution in [0, 0.1) is 0 Å². The molecule has 0 saturated carbocycles. The van der Waals surface area contributed by atoms with Crippen LogP contribution in [0.1, 0.15) is 30.6 Å². The van der Waals surface area contributed by atoms with Gasteiger partial charge in [-0.25, -0.2) is 0 Å². The van der Waals surface area contributed by atoms with Crippen LogP contribution in [-0.4, -0.2) is 38.7 Å². The molecule has 6 nitrogen and oxygen atoms in total. The summed E-state index contributed by atoms with van der Waals surface area (Å²) in [6, 6.07) is 10.2. The summed E-state index contributed by atoms with van der Waals surface area (Å²) >= 11 is 1.69. The molecule has 0 aliphatic carbocycles. The second kappa shape index (κ2) is 8.67. The van der Waals surface area contributed by atoms with Gasteiger partial charge in [0.15, 0.2) is 0 Å². The molecule has 144 valence electrons. The maximum absolute atomic E-state index is 12.4. The Balaban J connectivity index is 1.55. The van der Waals surface area contributed by atoms with Gasteiger partial charge in [0.05, 0.1) is 4.90 Å². The topological polar surface area (TPSA) is 78.8 Å². The lowest BCUT2D eigenvalue weighted by molar-refractivity contribution is -0.116. The number of aryl methyl sites for hydroxylation is 1. The second-order valence-corrected chi connectivity index (χ2v) is 9.15. The first-order valence-corrected chi connectivity index (χ1v) is 11.2. The molecule has 1 fully saturated rings. The Labute approximate surface area is 164 Å². The summed E-state index contributed by atoms with van der Waals surface area (Å²) in [7, 11) is -1.88. The molecule has 0 unspecified atom stereocenters. The zero-order valence-corrected chi connectivity index (χ0v) is 16.9. The van der Waals surface area contributed by atoms with Gasteiger partial charge in [0.1, 0.15) is 5.84 Å². The monoisotopic (exact) mass is 405 g/mol. The van der Waals surface area contributed by atoms with Crippen molar-refractivity contribution in [3.63, 3.8) is 0 Å². The van der Waals surface area contributed by atoms with E-state index >= 15 is 0 Å². The first-order chi connectivity index (χ1) is 12.9. The molecule has 1 N–H and O–H groups in total. The quantitative estimate of drug-likeness (QED) is 0.764. The summed E-state index contributed by atoms with van der Waals surface area (Å²) in [5.41, 5.74) is 0.584. The maximum Gasteiger partial charge on any atom is 0.283 e. The molecule has 2 heterocycles. The number of hydrogen-bond donors (Lipinski definition) is 1. The zero-order chi connectivity index (χ0) is 19.3. The molecule has 0 radical (unpaired) electrons. The molecule has 1 saturated heterocycles. The summed E-state index contributed by atoms with van der Waals surface area (Å²) in [6.07, 6.45) is 3.69. The average molecular weight is 406 g/mol. The largest absolute Gasteiger partial charge is 0.362 e. The number of likely N-dealkylation sites (tertiary alicyclic amines) is 1. The lowest BCUT2D eigenvalue weighted by atomic mass is 10.2. The van der Waals surface area contributed by atoms with E-state index < -0.39 is 10.0 Å². The smallest absolute Gasteiger partial charge is 0.283 e. The molecule has 3 rings (SSSR count). The molecule has 1 amide bonds. The fourth-order valence-electron chi connectivity index (χ4n) is 2.91. The van der Waals surface area contributed by atoms with Crippen LogP contribution >= 0.6 is 11.3 Å². The van der Waals surface area contributed by atoms with Gasteiger partial charge in [0.2, 0.25) is 5.91 Å². The third-order valence-electron chi connectivity index (χ3n) is 4.40. The second-order valence-electron chi connectivity index (χ2n) is 6.51. The van der Waals surface area contributed by atoms with Crippen LogP contribution in [0.15, 0.2) is 51.1 Å². The van der Waals surface area contributed by atoms with Crippen LogP contribution in [-0.2, 0) is 21.2 Å². The van der Waals surface area contributed by atoms with Crippen molar-refractivity contribution in [1.29, 1.82) is 0 Å². The van der Waals surface area contributed by atoms with Crippen LogP contribution in [0.2, 0.25) is 0 Å². The van der Waals surface area contributed by atoms with Crippen molar-refractivity contribution in [2.75, 3.05) is 18.9 Å². The van der Waals surface area contributed by atoms with Gasteiger partial charge in [0.25, 0.3) is 10.0 Å². The molecular formula is C19H23N3O3S2. The number of sulfonamides is 1. The Kier molecular flexibility index (Phi) is 6.28. The number of hydrogen-bond acceptors (Lipinski definition) is 4. The van der Waals surface area contributed by atoms with Crippen LogP contribution < -0.4 is 5.32 Å². The lowest BCUT2D eigenvalue weighted by Crippen LogP contribution is -2.20. The Morgan fingerprint density at radius 3 is 2.67 bits per heavy atom. The lowest BCUT2D eigenvalue weighted by Gasteiger charge is -2.11. The first-order valence-electron chi connectivity index (χ1n) is 8.91. The van der Waals surface area contributed by atoms with E-state index in [0.717, 1.165) is 25.8 Å². The van der Waals surface area contributed by atoms with Crippen LogP contribution in [0.3, 0.4) is 0 Å². The minimum Gasteiger partial charge on any atom is -0.362 e. The van der Waals surface area contributed by atoms with E-state index in [4.69, 9.17) is 0 Å². The number of benzene rings is 1. The number of carbonyl (C=O) groups excluding carboxylic acids is 1. The third kappa shape index (κ3) is 5.40. The van der Waals surface area contributed by atoms with Gasteiger partial charge in [0, 0.05) is 37.0 Å². The Hall–Kier alpha value is -2.19. The Bertz CT molecular complexity index is 904. The fourth-order valence-corrected chi connectivity index (χ4v) is 4.76. The average Bonchev–Trinajstić information content (AvgIpc) is 3.28. The van der Waals surface area contributed by atoms with Gasteiger partial charge in [-0.3, -0.25) is 4.79 Å². The summed E-state index contributed by atoms with van der Waals surface area (Å²) in [5, 5.41) is 4.83. The standard InChI is InChI=1S/C19H23N3O3S2/c1-22-13-3-7-18(22)21-27(24,25)17-11-9-15(10-12-17)20-19(23)8-2-5-16-6-4-14-26-16/h4,6,9-12,14H,2-3,5,7-8,13H2,1H3,(H,20,23)/b21-18-. The van der Waals surface area contributed by atoms with E-state index in [0.29, 0.717) is 24.4 Å². The van der Waals surface area contributed by atoms with Crippen molar-refractivity contribution in [3.05, 3.63) is 46.7 Å². The number of carbonyl (C=O) groups is 1.